The predicted molar refractivity (Wildman–Crippen MR) is 97.1 cm³/mol. The molecule has 4 atom stereocenters. The Morgan fingerprint density at radius 3 is 2.54 bits per heavy atom. The average Bonchev–Trinajstić information content (AvgIpc) is 2.95. The molecule has 1 saturated heterocycles. The van der Waals surface area contributed by atoms with Crippen molar-refractivity contribution in [3.8, 4) is 0 Å². The van der Waals surface area contributed by atoms with Gasteiger partial charge in [-0.05, 0) is 11.8 Å². The molecular weight excluding hydrogens is 378 g/mol. The van der Waals surface area contributed by atoms with Crippen LogP contribution in [-0.2, 0) is 10.5 Å². The second-order valence-electron chi connectivity index (χ2n) is 5.66. The van der Waals surface area contributed by atoms with E-state index in [1.165, 1.54) is 23.5 Å². The minimum absolute atomic E-state index is 0.477. The molecule has 10 heteroatoms. The van der Waals surface area contributed by atoms with E-state index in [9.17, 15) is 20.1 Å². The van der Waals surface area contributed by atoms with Crippen molar-refractivity contribution in [2.75, 3.05) is 12.9 Å². The van der Waals surface area contributed by atoms with E-state index in [1.54, 1.807) is 6.26 Å². The highest BCUT2D eigenvalue weighted by Crippen LogP contribution is 2.31. The van der Waals surface area contributed by atoms with Gasteiger partial charge in [0.05, 0.1) is 6.61 Å². The maximum atomic E-state index is 12.3. The van der Waals surface area contributed by atoms with Crippen LogP contribution < -0.4 is 5.69 Å². The van der Waals surface area contributed by atoms with Gasteiger partial charge in [0.1, 0.15) is 28.4 Å². The fraction of sp³-hybridized carbons (Fsp3) is 0.438. The van der Waals surface area contributed by atoms with Crippen LogP contribution in [0, 0.1) is 0 Å². The molecule has 1 aromatic heterocycles. The van der Waals surface area contributed by atoms with Crippen molar-refractivity contribution in [2.24, 2.45) is 0 Å². The molecule has 0 radical (unpaired) electrons. The van der Waals surface area contributed by atoms with Crippen molar-refractivity contribution in [3.63, 3.8) is 0 Å². The zero-order valence-corrected chi connectivity index (χ0v) is 15.6. The van der Waals surface area contributed by atoms with E-state index in [-0.39, 0.29) is 0 Å². The molecule has 0 amide bonds. The van der Waals surface area contributed by atoms with E-state index in [0.29, 0.717) is 15.8 Å². The molecule has 2 aromatic rings. The van der Waals surface area contributed by atoms with Crippen molar-refractivity contribution in [2.45, 2.75) is 40.3 Å². The molecule has 0 bridgehead atoms. The number of aromatic nitrogens is 3. The topological polar surface area (TPSA) is 118 Å². The highest BCUT2D eigenvalue weighted by atomic mass is 32.2. The van der Waals surface area contributed by atoms with E-state index >= 15 is 0 Å². The SMILES string of the molecule is CSc1nc(=O)n(C2OC(CO)C(O)C2O)nc1SCc1ccccc1. The van der Waals surface area contributed by atoms with E-state index in [4.69, 9.17) is 4.74 Å². The first kappa shape index (κ1) is 19.3. The predicted octanol–water partition coefficient (Wildman–Crippen LogP) is 0.264. The van der Waals surface area contributed by atoms with Crippen LogP contribution >= 0.6 is 23.5 Å². The third-order valence-electron chi connectivity index (χ3n) is 3.94. The zero-order chi connectivity index (χ0) is 18.7. The van der Waals surface area contributed by atoms with Gasteiger partial charge in [-0.1, -0.05) is 42.1 Å². The van der Waals surface area contributed by atoms with Gasteiger partial charge in [0.15, 0.2) is 6.23 Å². The largest absolute Gasteiger partial charge is 0.394 e. The van der Waals surface area contributed by atoms with Crippen molar-refractivity contribution >= 4 is 23.5 Å². The molecule has 140 valence electrons. The van der Waals surface area contributed by atoms with Crippen molar-refractivity contribution in [1.29, 1.82) is 0 Å². The van der Waals surface area contributed by atoms with Gasteiger partial charge in [-0.15, -0.1) is 11.8 Å². The van der Waals surface area contributed by atoms with Crippen molar-refractivity contribution < 1.29 is 20.1 Å². The molecule has 1 aromatic carbocycles. The van der Waals surface area contributed by atoms with Crippen LogP contribution in [0.5, 0.6) is 0 Å². The summed E-state index contributed by atoms with van der Waals surface area (Å²) in [4.78, 5) is 16.3. The van der Waals surface area contributed by atoms with Gasteiger partial charge in [0.2, 0.25) is 0 Å². The number of rotatable bonds is 6. The summed E-state index contributed by atoms with van der Waals surface area (Å²) in [7, 11) is 0. The molecule has 1 aliphatic heterocycles. The second kappa shape index (κ2) is 8.51. The second-order valence-corrected chi connectivity index (χ2v) is 7.42. The summed E-state index contributed by atoms with van der Waals surface area (Å²) < 4.78 is 6.31. The maximum absolute atomic E-state index is 12.3. The van der Waals surface area contributed by atoms with Crippen LogP contribution in [0.15, 0.2) is 45.2 Å². The van der Waals surface area contributed by atoms with Gasteiger partial charge in [-0.2, -0.15) is 14.8 Å². The lowest BCUT2D eigenvalue weighted by atomic mass is 10.1. The summed E-state index contributed by atoms with van der Waals surface area (Å²) >= 11 is 2.71. The lowest BCUT2D eigenvalue weighted by Gasteiger charge is -2.17. The molecule has 0 aliphatic carbocycles. The van der Waals surface area contributed by atoms with Gasteiger partial charge < -0.3 is 20.1 Å². The summed E-state index contributed by atoms with van der Waals surface area (Å²) in [5.74, 6) is 0.636. The van der Waals surface area contributed by atoms with Crippen LogP contribution in [0.1, 0.15) is 11.8 Å². The van der Waals surface area contributed by atoms with E-state index < -0.39 is 36.8 Å². The normalized spacial score (nSPS) is 25.5. The van der Waals surface area contributed by atoms with Crippen molar-refractivity contribution in [1.82, 2.24) is 14.8 Å². The molecule has 26 heavy (non-hydrogen) atoms. The Bertz CT molecular complexity index is 804. The van der Waals surface area contributed by atoms with Gasteiger partial charge in [-0.25, -0.2) is 4.79 Å². The molecule has 2 heterocycles. The Balaban J connectivity index is 1.88. The minimum atomic E-state index is -1.38. The summed E-state index contributed by atoms with van der Waals surface area (Å²) in [5.41, 5.74) is 0.408. The highest BCUT2D eigenvalue weighted by Gasteiger charge is 2.44. The number of hydrogen-bond acceptors (Lipinski definition) is 9. The van der Waals surface area contributed by atoms with Crippen LogP contribution in [0.2, 0.25) is 0 Å². The Kier molecular flexibility index (Phi) is 6.33. The Labute approximate surface area is 158 Å². The van der Waals surface area contributed by atoms with Crippen molar-refractivity contribution in [3.05, 3.63) is 46.4 Å². The van der Waals surface area contributed by atoms with Gasteiger partial charge in [0.25, 0.3) is 0 Å². The Hall–Kier alpha value is -1.43. The van der Waals surface area contributed by atoms with E-state index in [2.05, 4.69) is 10.1 Å². The van der Waals surface area contributed by atoms with Crippen LogP contribution in [0.3, 0.4) is 0 Å². The molecule has 3 N–H and O–H groups in total. The molecular formula is C16H19N3O5S2. The molecule has 3 rings (SSSR count). The molecule has 8 nitrogen and oxygen atoms in total. The third kappa shape index (κ3) is 3.95. The summed E-state index contributed by atoms with van der Waals surface area (Å²) in [6.07, 6.45) is -3.07. The summed E-state index contributed by atoms with van der Waals surface area (Å²) in [6.45, 7) is -0.477. The molecule has 1 aliphatic rings. The van der Waals surface area contributed by atoms with Crippen LogP contribution in [0.25, 0.3) is 0 Å². The fourth-order valence-corrected chi connectivity index (χ4v) is 4.19. The van der Waals surface area contributed by atoms with Gasteiger partial charge >= 0.3 is 5.69 Å². The molecule has 1 fully saturated rings. The number of benzene rings is 1. The minimum Gasteiger partial charge on any atom is -0.394 e. The Morgan fingerprint density at radius 1 is 1.19 bits per heavy atom. The molecule has 0 spiro atoms. The zero-order valence-electron chi connectivity index (χ0n) is 13.9. The van der Waals surface area contributed by atoms with E-state index in [0.717, 1.165) is 10.2 Å². The standard InChI is InChI=1S/C16H19N3O5S2/c1-25-13-14(26-8-9-5-3-2-4-6-9)18-19(16(23)17-13)15-12(22)11(21)10(7-20)24-15/h2-6,10-12,15,20-22H,7-8H2,1H3. The lowest BCUT2D eigenvalue weighted by molar-refractivity contribution is -0.0629. The first-order valence-corrected chi connectivity index (χ1v) is 10.1. The highest BCUT2D eigenvalue weighted by molar-refractivity contribution is 8.01. The smallest absolute Gasteiger partial charge is 0.367 e. The number of thioether (sulfide) groups is 2. The van der Waals surface area contributed by atoms with E-state index in [1.807, 2.05) is 30.3 Å². The number of aliphatic hydroxyl groups excluding tert-OH is 3. The number of hydrogen-bond donors (Lipinski definition) is 3. The fourth-order valence-electron chi connectivity index (χ4n) is 2.57. The Morgan fingerprint density at radius 2 is 1.92 bits per heavy atom. The average molecular weight is 397 g/mol. The molecule has 0 saturated carbocycles. The maximum Gasteiger partial charge on any atom is 0.367 e. The number of ether oxygens (including phenoxy) is 1. The molecule has 4 unspecified atom stereocenters. The first-order chi connectivity index (χ1) is 12.5. The summed E-state index contributed by atoms with van der Waals surface area (Å²) in [5, 5.41) is 34.6. The third-order valence-corrected chi connectivity index (χ3v) is 5.77. The van der Waals surface area contributed by atoms with Gasteiger partial charge in [-0.3, -0.25) is 0 Å². The lowest BCUT2D eigenvalue weighted by Crippen LogP contribution is -2.37. The van der Waals surface area contributed by atoms with Gasteiger partial charge in [0, 0.05) is 5.75 Å². The number of nitrogens with zero attached hydrogens (tertiary/aromatic N) is 3. The summed E-state index contributed by atoms with van der Waals surface area (Å²) in [6, 6.07) is 9.79. The van der Waals surface area contributed by atoms with Crippen LogP contribution in [-0.4, -0.2) is 61.3 Å². The monoisotopic (exact) mass is 397 g/mol. The quantitative estimate of drug-likeness (QED) is 0.590. The number of aliphatic hydroxyl groups is 3. The first-order valence-electron chi connectivity index (χ1n) is 7.89. The van der Waals surface area contributed by atoms with Crippen LogP contribution in [0.4, 0.5) is 0 Å².